The summed E-state index contributed by atoms with van der Waals surface area (Å²) in [6.07, 6.45) is 69.0. The monoisotopic (exact) mass is 1750 g/mol. The van der Waals surface area contributed by atoms with E-state index >= 15 is 0 Å². The molecular weight excluding hydrogens is 1580 g/mol. The lowest BCUT2D eigenvalue weighted by atomic mass is 9.46. The number of carbonyl (C=O) groups excluding carboxylic acids is 3. The second-order valence-electron chi connectivity index (χ2n) is 50.9. The molecule has 38 atom stereocenters. The lowest BCUT2D eigenvalue weighted by Crippen LogP contribution is -2.53. The minimum Gasteiger partial charge on any atom is -0.300 e. The van der Waals surface area contributed by atoms with Crippen molar-refractivity contribution in [1.29, 1.82) is 0 Å². The van der Waals surface area contributed by atoms with Crippen molar-refractivity contribution < 1.29 is 14.4 Å². The molecule has 0 aliphatic heterocycles. The number of fused-ring (bicyclic) bond motifs is 25. The molecule has 0 heterocycles. The molecule has 20 aliphatic rings. The summed E-state index contributed by atoms with van der Waals surface area (Å²) in [5, 5.41) is 0. The van der Waals surface area contributed by atoms with Gasteiger partial charge in [-0.2, -0.15) is 0 Å². The molecule has 119 heavy (non-hydrogen) atoms. The molecule has 0 bridgehead atoms. The molecule has 0 unspecified atom stereocenters. The summed E-state index contributed by atoms with van der Waals surface area (Å²) >= 11 is 8.29. The Morgan fingerprint density at radius 1 is 0.336 bits per heavy atom. The van der Waals surface area contributed by atoms with E-state index in [4.69, 9.17) is 0 Å². The van der Waals surface area contributed by atoms with Gasteiger partial charge in [-0.05, 0) is 449 Å². The first-order chi connectivity index (χ1) is 56.2. The molecule has 0 spiro atoms. The highest BCUT2D eigenvalue weighted by Crippen LogP contribution is 2.74. The van der Waals surface area contributed by atoms with Crippen LogP contribution in [0.2, 0.25) is 0 Å². The van der Waals surface area contributed by atoms with Crippen LogP contribution in [-0.4, -0.2) is 27.0 Å². The molecule has 0 aromatic heterocycles. The van der Waals surface area contributed by atoms with Gasteiger partial charge in [-0.3, -0.25) is 14.4 Å². The van der Waals surface area contributed by atoms with Gasteiger partial charge in [-0.25, -0.2) is 0 Å². The highest BCUT2D eigenvalue weighted by Gasteiger charge is 2.66. The van der Waals surface area contributed by atoms with Crippen molar-refractivity contribution >= 4 is 49.2 Å². The molecule has 20 aliphatic carbocycles. The zero-order chi connectivity index (χ0) is 85.2. The molecule has 20 rings (SSSR count). The predicted molar refractivity (Wildman–Crippen MR) is 509 cm³/mol. The van der Waals surface area contributed by atoms with Crippen LogP contribution in [0.25, 0.3) is 0 Å². The van der Waals surface area contributed by atoms with Crippen LogP contribution in [0.4, 0.5) is 0 Å². The summed E-state index contributed by atoms with van der Waals surface area (Å²) in [5.74, 6) is 22.5. The quantitative estimate of drug-likeness (QED) is 0.189. The molecular formula is C114H178Br2O3. The summed E-state index contributed by atoms with van der Waals surface area (Å²) in [5.41, 5.74) is 15.1. The van der Waals surface area contributed by atoms with Crippen molar-refractivity contribution in [1.82, 2.24) is 0 Å². The molecule has 0 aromatic rings. The van der Waals surface area contributed by atoms with Gasteiger partial charge < -0.3 is 0 Å². The molecule has 0 radical (unpaired) electrons. The molecule has 0 amide bonds. The van der Waals surface area contributed by atoms with Gasteiger partial charge in [0.25, 0.3) is 0 Å². The Labute approximate surface area is 748 Å². The summed E-state index contributed by atoms with van der Waals surface area (Å²) in [7, 11) is 0. The normalized spacial score (nSPS) is 52.0. The van der Waals surface area contributed by atoms with E-state index in [0.717, 1.165) is 149 Å². The number of allylic oxidation sites excluding steroid dienone is 12. The Balaban J connectivity index is 0.000000111. The number of alkyl halides is 2. The number of hydrogen-bond donors (Lipinski definition) is 0. The van der Waals surface area contributed by atoms with Crippen LogP contribution in [0.15, 0.2) is 69.9 Å². The van der Waals surface area contributed by atoms with Gasteiger partial charge in [-0.15, -0.1) is 0 Å². The largest absolute Gasteiger partial charge is 0.300 e. The van der Waals surface area contributed by atoms with Gasteiger partial charge in [0.05, 0.1) is 0 Å². The average molecular weight is 1760 g/mol. The van der Waals surface area contributed by atoms with Gasteiger partial charge in [-0.1, -0.05) is 246 Å². The first-order valence-corrected chi connectivity index (χ1v) is 54.1. The van der Waals surface area contributed by atoms with Crippen molar-refractivity contribution in [2.24, 2.45) is 208 Å². The molecule has 15 saturated carbocycles. The van der Waals surface area contributed by atoms with Crippen LogP contribution in [0.1, 0.15) is 403 Å². The second-order valence-corrected chi connectivity index (χ2v) is 53.0. The zero-order valence-electron chi connectivity index (χ0n) is 80.7. The van der Waals surface area contributed by atoms with Crippen LogP contribution in [0, 0.1) is 208 Å². The predicted octanol–water partition coefficient (Wildman–Crippen LogP) is 32.5. The Morgan fingerprint density at radius 2 is 0.664 bits per heavy atom. The SMILES string of the molecule is CC(=O)[C@H]1CC[C@H]2C3=CC=C4C[C@@H](C)CC[C@]4(C)[C@H]3CC[C@]12C.CC(=O)[C@H]1CC[C@H]2[C@@H]3CC=C4C[C@@H](C)CC[C@]4(C)[C@H]3CC[C@]12C.CC(=O)[C@H]1CC[C@H]2[C@@H]3[C@H](Br)C=C4C[C@@H](C)CC[C@]4(C)[C@H]3CC[C@]12C.CC[C@H](C)[C@H]1CC[C@H]2[C@@H]3CC=C4C[C@@H](C)CC[C@]4(C)[C@H]3CC[C@]12C.CC[C@H](C)[C@H]1CC[C@H]2[C@@H]3[C@H](Br)C=C4C[C@@H](C)CC[C@]4(C)[C@H]3CC[C@]12C. The Morgan fingerprint density at radius 3 is 1.11 bits per heavy atom. The van der Waals surface area contributed by atoms with E-state index in [1.165, 1.54) is 231 Å². The van der Waals surface area contributed by atoms with E-state index in [2.05, 4.69) is 200 Å². The maximum atomic E-state index is 12.3. The van der Waals surface area contributed by atoms with E-state index in [1.54, 1.807) is 22.3 Å². The summed E-state index contributed by atoms with van der Waals surface area (Å²) in [6, 6.07) is 0. The number of ketones is 3. The van der Waals surface area contributed by atoms with Crippen LogP contribution >= 0.6 is 31.9 Å². The van der Waals surface area contributed by atoms with Crippen molar-refractivity contribution in [3.05, 3.63) is 69.9 Å². The van der Waals surface area contributed by atoms with E-state index in [9.17, 15) is 14.4 Å². The summed E-state index contributed by atoms with van der Waals surface area (Å²) in [6.45, 7) is 53.2. The highest BCUT2D eigenvalue weighted by molar-refractivity contribution is 9.09. The Kier molecular flexibility index (Phi) is 25.7. The average Bonchev–Trinajstić information content (AvgIpc) is 1.67. The lowest BCUT2D eigenvalue weighted by molar-refractivity contribution is -0.128. The van der Waals surface area contributed by atoms with Gasteiger partial charge in [0.15, 0.2) is 0 Å². The third-order valence-electron chi connectivity index (χ3n) is 45.5. The number of halogens is 2. The number of carbonyl (C=O) groups is 3. The first kappa shape index (κ1) is 90.7. The number of Topliss-reactive ketones (excluding diaryl/α,β-unsaturated/α-hetero) is 3. The summed E-state index contributed by atoms with van der Waals surface area (Å²) in [4.78, 5) is 37.7. The van der Waals surface area contributed by atoms with Crippen LogP contribution in [-0.2, 0) is 14.4 Å². The zero-order valence-corrected chi connectivity index (χ0v) is 83.9. The highest BCUT2D eigenvalue weighted by atomic mass is 79.9. The topological polar surface area (TPSA) is 51.2 Å². The standard InChI is InChI=1S/C24H39Br.C24H40.C22H33BrO.C22H34O.C22H32O/c1-6-16(3)18-7-8-19-22-20(10-12-24(18,19)5)23(4)11-9-15(2)13-17(23)14-21(22)25;1-6-17(3)20-9-10-21-19-8-7-18-15-16(2)11-13-23(18,4)22(19)12-14-24(20,21)5;1-13-7-9-21(3)15(11-13)12-19(23)20-17-6-5-16(14(2)24)22(17,4)10-8-18(20)21;2*1-14-9-11-21(3)16(13-14)5-6-17-19-8-7-18(15(2)23)22(19,4)12-10-20(17)21/h14-16,18-22H,6-13H2,1-5H3;7,16-17,19-22H,6,8-15H2,1-5H3;12-13,16-20H,5-11H2,1-4H3;5,14,17-20H,6-13H2,1-4H3;5-6,14,18-20H,7-13H2,1-4H3/t15-,16-,18+,19-,20-,21+,22-,23-,24+;16-,17-,19-,20+,21-,22-,23-,24+;13-,16+,17-,18-,19+,20-,21-,22+;14-,17-,18+,19-,20-,21-,22+;14-,18+,19-,20-,21-,22+/m00000/s1. The van der Waals surface area contributed by atoms with Crippen LogP contribution in [0.3, 0.4) is 0 Å². The molecule has 0 saturated heterocycles. The lowest BCUT2D eigenvalue weighted by Gasteiger charge is -2.59. The molecule has 15 fully saturated rings. The van der Waals surface area contributed by atoms with E-state index in [0.29, 0.717) is 94.0 Å². The van der Waals surface area contributed by atoms with Gasteiger partial charge in [0.2, 0.25) is 0 Å². The number of rotatable bonds is 7. The molecule has 0 N–H and O–H groups in total. The van der Waals surface area contributed by atoms with Crippen molar-refractivity contribution in [2.45, 2.75) is 412 Å². The van der Waals surface area contributed by atoms with Crippen LogP contribution in [0.5, 0.6) is 0 Å². The number of hydrogen-bond acceptors (Lipinski definition) is 3. The van der Waals surface area contributed by atoms with E-state index in [-0.39, 0.29) is 10.8 Å². The fourth-order valence-corrected chi connectivity index (χ4v) is 40.1. The minimum absolute atomic E-state index is 0.234. The van der Waals surface area contributed by atoms with E-state index < -0.39 is 0 Å². The molecule has 666 valence electrons. The van der Waals surface area contributed by atoms with Gasteiger partial charge in [0.1, 0.15) is 17.3 Å². The van der Waals surface area contributed by atoms with Crippen molar-refractivity contribution in [2.75, 3.05) is 0 Å². The fraction of sp³-hybridized carbons (Fsp3) is 0.868. The third kappa shape index (κ3) is 15.0. The van der Waals surface area contributed by atoms with Gasteiger partial charge in [0, 0.05) is 27.4 Å². The van der Waals surface area contributed by atoms with Crippen LogP contribution < -0.4 is 0 Å². The molecule has 5 heteroatoms. The minimum atomic E-state index is 0.234. The Hall–Kier alpha value is -1.59. The second kappa shape index (κ2) is 33.7. The third-order valence-corrected chi connectivity index (χ3v) is 47.2. The van der Waals surface area contributed by atoms with E-state index in [1.807, 2.05) is 31.9 Å². The molecule has 0 aromatic carbocycles. The first-order valence-electron chi connectivity index (χ1n) is 52.2. The Bertz CT molecular complexity index is 3950. The maximum Gasteiger partial charge on any atom is 0.133 e. The summed E-state index contributed by atoms with van der Waals surface area (Å²) < 4.78 is 0. The molecule has 3 nitrogen and oxygen atoms in total. The smallest absolute Gasteiger partial charge is 0.133 e. The fourth-order valence-electron chi connectivity index (χ4n) is 38.0. The van der Waals surface area contributed by atoms with Gasteiger partial charge >= 0.3 is 0 Å². The van der Waals surface area contributed by atoms with Crippen molar-refractivity contribution in [3.63, 3.8) is 0 Å². The maximum absolute atomic E-state index is 12.3. The van der Waals surface area contributed by atoms with Crippen molar-refractivity contribution in [3.8, 4) is 0 Å².